The Kier molecular flexibility index (Phi) is 6.96. The van der Waals surface area contributed by atoms with Gasteiger partial charge in [0.25, 0.3) is 5.91 Å². The lowest BCUT2D eigenvalue weighted by Gasteiger charge is -2.32. The van der Waals surface area contributed by atoms with E-state index in [0.717, 1.165) is 47.7 Å². The van der Waals surface area contributed by atoms with Gasteiger partial charge in [-0.2, -0.15) is 0 Å². The zero-order valence-electron chi connectivity index (χ0n) is 18.4. The number of carbonyl (C=O) groups excluding carboxylic acids is 2. The van der Waals surface area contributed by atoms with Crippen LogP contribution in [0.15, 0.2) is 53.0 Å². The second-order valence-corrected chi connectivity index (χ2v) is 9.47. The van der Waals surface area contributed by atoms with E-state index in [1.165, 1.54) is 17.6 Å². The average molecular weight is 499 g/mol. The van der Waals surface area contributed by atoms with Crippen LogP contribution in [0.25, 0.3) is 10.9 Å². The van der Waals surface area contributed by atoms with Gasteiger partial charge in [0.1, 0.15) is 5.69 Å². The van der Waals surface area contributed by atoms with Crippen LogP contribution in [0.5, 0.6) is 0 Å². The zero-order chi connectivity index (χ0) is 22.7. The van der Waals surface area contributed by atoms with Crippen molar-refractivity contribution in [1.29, 1.82) is 0 Å². The van der Waals surface area contributed by atoms with Crippen LogP contribution in [-0.2, 0) is 16.0 Å². The number of nitrogens with one attached hydrogen (secondary N) is 3. The van der Waals surface area contributed by atoms with Gasteiger partial charge in [-0.1, -0.05) is 46.3 Å². The van der Waals surface area contributed by atoms with Gasteiger partial charge in [-0.25, -0.2) is 4.79 Å². The molecule has 0 saturated carbocycles. The Morgan fingerprint density at radius 2 is 1.91 bits per heavy atom. The standard InChI is InChI=1S/C25H28BrN3O3/c1-16(29-12-10-18(11-13-29)14-17-6-4-3-5-7-17)24(30)28-22-20-15-19(26)8-9-21(20)27-23(22)25(31)32-2/h3-9,15-16,18,27H,10-14H2,1-2H3,(H,28,30)/p+1/t16-/m0/s1. The number of aromatic nitrogens is 1. The third-order valence-corrected chi connectivity index (χ3v) is 7.01. The molecule has 1 atom stereocenters. The zero-order valence-corrected chi connectivity index (χ0v) is 20.0. The monoisotopic (exact) mass is 498 g/mol. The summed E-state index contributed by atoms with van der Waals surface area (Å²) in [6.45, 7) is 3.90. The fraction of sp³-hybridized carbons (Fsp3) is 0.360. The maximum atomic E-state index is 13.2. The summed E-state index contributed by atoms with van der Waals surface area (Å²) in [5.74, 6) is 0.0650. The van der Waals surface area contributed by atoms with E-state index < -0.39 is 5.97 Å². The number of esters is 1. The Hall–Kier alpha value is -2.64. The lowest BCUT2D eigenvalue weighted by Crippen LogP contribution is -3.17. The predicted molar refractivity (Wildman–Crippen MR) is 129 cm³/mol. The minimum atomic E-state index is -0.505. The summed E-state index contributed by atoms with van der Waals surface area (Å²) in [5, 5.41) is 3.79. The molecule has 1 saturated heterocycles. The summed E-state index contributed by atoms with van der Waals surface area (Å²) in [7, 11) is 1.34. The number of amides is 1. The fourth-order valence-electron chi connectivity index (χ4n) is 4.60. The molecule has 0 spiro atoms. The first-order valence-corrected chi connectivity index (χ1v) is 11.8. The lowest BCUT2D eigenvalue weighted by molar-refractivity contribution is -0.919. The normalized spacial score (nSPS) is 19.5. The molecule has 7 heteroatoms. The number of piperidine rings is 1. The number of benzene rings is 2. The highest BCUT2D eigenvalue weighted by Crippen LogP contribution is 2.31. The van der Waals surface area contributed by atoms with Gasteiger partial charge < -0.3 is 19.9 Å². The van der Waals surface area contributed by atoms with Crippen LogP contribution in [0.1, 0.15) is 35.8 Å². The summed E-state index contributed by atoms with van der Waals surface area (Å²) in [6.07, 6.45) is 3.31. The maximum Gasteiger partial charge on any atom is 0.356 e. The molecule has 4 rings (SSSR count). The average Bonchev–Trinajstić information content (AvgIpc) is 3.16. The third kappa shape index (κ3) is 4.89. The van der Waals surface area contributed by atoms with Crippen LogP contribution < -0.4 is 10.2 Å². The number of likely N-dealkylation sites (tertiary alicyclic amines) is 1. The largest absolute Gasteiger partial charge is 0.464 e. The molecule has 3 N–H and O–H groups in total. The van der Waals surface area contributed by atoms with E-state index in [2.05, 4.69) is 56.6 Å². The molecule has 168 valence electrons. The van der Waals surface area contributed by atoms with Gasteiger partial charge >= 0.3 is 5.97 Å². The Morgan fingerprint density at radius 3 is 2.59 bits per heavy atom. The first-order valence-electron chi connectivity index (χ1n) is 11.0. The molecule has 3 aromatic rings. The molecule has 32 heavy (non-hydrogen) atoms. The highest BCUT2D eigenvalue weighted by atomic mass is 79.9. The number of hydrogen-bond donors (Lipinski definition) is 3. The molecular weight excluding hydrogens is 470 g/mol. The van der Waals surface area contributed by atoms with Crippen molar-refractivity contribution in [3.63, 3.8) is 0 Å². The molecule has 0 aliphatic carbocycles. The number of methoxy groups -OCH3 is 1. The van der Waals surface area contributed by atoms with E-state index in [1.54, 1.807) is 0 Å². The van der Waals surface area contributed by atoms with Gasteiger partial charge in [-0.15, -0.1) is 0 Å². The molecule has 1 aromatic heterocycles. The number of ether oxygens (including phenoxy) is 1. The van der Waals surface area contributed by atoms with E-state index in [9.17, 15) is 9.59 Å². The number of aromatic amines is 1. The Morgan fingerprint density at radius 1 is 1.19 bits per heavy atom. The summed E-state index contributed by atoms with van der Waals surface area (Å²) < 4.78 is 5.79. The number of carbonyl (C=O) groups is 2. The number of hydrogen-bond acceptors (Lipinski definition) is 3. The van der Waals surface area contributed by atoms with Crippen LogP contribution in [0, 0.1) is 5.92 Å². The van der Waals surface area contributed by atoms with Crippen molar-refractivity contribution in [2.45, 2.75) is 32.2 Å². The van der Waals surface area contributed by atoms with Crippen LogP contribution in [-0.4, -0.2) is 43.1 Å². The molecule has 1 aliphatic heterocycles. The number of fused-ring (bicyclic) bond motifs is 1. The highest BCUT2D eigenvalue weighted by molar-refractivity contribution is 9.10. The van der Waals surface area contributed by atoms with Crippen molar-refractivity contribution in [3.8, 4) is 0 Å². The lowest BCUT2D eigenvalue weighted by atomic mass is 9.89. The van der Waals surface area contributed by atoms with E-state index in [0.29, 0.717) is 11.6 Å². The van der Waals surface area contributed by atoms with E-state index in [4.69, 9.17) is 4.74 Å². The van der Waals surface area contributed by atoms with Crippen LogP contribution in [0.4, 0.5) is 5.69 Å². The highest BCUT2D eigenvalue weighted by Gasteiger charge is 2.31. The first-order chi connectivity index (χ1) is 15.5. The van der Waals surface area contributed by atoms with Crippen LogP contribution in [0.2, 0.25) is 0 Å². The second kappa shape index (κ2) is 9.88. The van der Waals surface area contributed by atoms with E-state index in [1.807, 2.05) is 25.1 Å². The molecule has 1 fully saturated rings. The van der Waals surface area contributed by atoms with Crippen molar-refractivity contribution in [2.75, 3.05) is 25.5 Å². The Balaban J connectivity index is 1.43. The molecule has 0 unspecified atom stereocenters. The van der Waals surface area contributed by atoms with Crippen molar-refractivity contribution < 1.29 is 19.2 Å². The van der Waals surface area contributed by atoms with Gasteiger partial charge in [0, 0.05) is 15.4 Å². The summed E-state index contributed by atoms with van der Waals surface area (Å²) in [6, 6.07) is 16.0. The van der Waals surface area contributed by atoms with Crippen LogP contribution in [0.3, 0.4) is 0 Å². The minimum Gasteiger partial charge on any atom is -0.464 e. The number of quaternary nitrogens is 1. The summed E-state index contributed by atoms with van der Waals surface area (Å²) in [4.78, 5) is 29.8. The van der Waals surface area contributed by atoms with Crippen LogP contribution >= 0.6 is 15.9 Å². The second-order valence-electron chi connectivity index (χ2n) is 8.56. The number of halogens is 1. The molecule has 2 aromatic carbocycles. The molecule has 2 heterocycles. The molecule has 1 amide bonds. The Bertz CT molecular complexity index is 1100. The van der Waals surface area contributed by atoms with Crippen molar-refractivity contribution in [1.82, 2.24) is 4.98 Å². The van der Waals surface area contributed by atoms with Crippen molar-refractivity contribution in [3.05, 3.63) is 64.3 Å². The molecule has 0 radical (unpaired) electrons. The van der Waals surface area contributed by atoms with Gasteiger partial charge in [-0.3, -0.25) is 4.79 Å². The molecule has 6 nitrogen and oxygen atoms in total. The first kappa shape index (κ1) is 22.6. The topological polar surface area (TPSA) is 75.6 Å². The SMILES string of the molecule is COC(=O)c1[nH]c2ccc(Br)cc2c1NC(=O)[C@H](C)[NH+]1CCC(Cc2ccccc2)CC1. The summed E-state index contributed by atoms with van der Waals surface area (Å²) >= 11 is 3.47. The number of H-pyrrole nitrogens is 1. The van der Waals surface area contributed by atoms with Gasteiger partial charge in [0.2, 0.25) is 0 Å². The van der Waals surface area contributed by atoms with Gasteiger partial charge in [0.05, 0.1) is 25.9 Å². The van der Waals surface area contributed by atoms with Gasteiger partial charge in [0.15, 0.2) is 6.04 Å². The molecule has 1 aliphatic rings. The predicted octanol–water partition coefficient (Wildman–Crippen LogP) is 3.58. The Labute approximate surface area is 196 Å². The van der Waals surface area contributed by atoms with Gasteiger partial charge in [-0.05, 0) is 55.9 Å². The number of anilines is 1. The minimum absolute atomic E-state index is 0.0902. The molecule has 0 bridgehead atoms. The third-order valence-electron chi connectivity index (χ3n) is 6.52. The van der Waals surface area contributed by atoms with E-state index in [-0.39, 0.29) is 17.6 Å². The molecular formula is C25H29BrN3O3+. The maximum absolute atomic E-state index is 13.2. The van der Waals surface area contributed by atoms with E-state index >= 15 is 0 Å². The summed E-state index contributed by atoms with van der Waals surface area (Å²) in [5.41, 5.74) is 2.89. The van der Waals surface area contributed by atoms with Crippen molar-refractivity contribution >= 4 is 44.4 Å². The van der Waals surface area contributed by atoms with Crippen molar-refractivity contribution in [2.24, 2.45) is 5.92 Å². The smallest absolute Gasteiger partial charge is 0.356 e. The fourth-order valence-corrected chi connectivity index (χ4v) is 4.96. The quantitative estimate of drug-likeness (QED) is 0.454. The number of rotatable bonds is 6.